The van der Waals surface area contributed by atoms with Gasteiger partial charge in [-0.15, -0.1) is 12.4 Å². The van der Waals surface area contributed by atoms with Gasteiger partial charge in [0.1, 0.15) is 12.4 Å². The summed E-state index contributed by atoms with van der Waals surface area (Å²) in [7, 11) is 0. The zero-order chi connectivity index (χ0) is 17.2. The summed E-state index contributed by atoms with van der Waals surface area (Å²) in [5.74, 6) is -0.319. The maximum Gasteiger partial charge on any atom is 0.414 e. The summed E-state index contributed by atoms with van der Waals surface area (Å²) in [5.41, 5.74) is 3.35. The van der Waals surface area contributed by atoms with Crippen LogP contribution in [0.25, 0.3) is 0 Å². The van der Waals surface area contributed by atoms with E-state index < -0.39 is 6.09 Å². The van der Waals surface area contributed by atoms with Crippen molar-refractivity contribution in [3.05, 3.63) is 59.4 Å². The zero-order valence-corrected chi connectivity index (χ0v) is 15.1. The highest BCUT2D eigenvalue weighted by molar-refractivity contribution is 5.92. The van der Waals surface area contributed by atoms with Crippen LogP contribution < -0.4 is 15.1 Å². The van der Waals surface area contributed by atoms with Gasteiger partial charge >= 0.3 is 6.09 Å². The number of ether oxygens (including phenoxy) is 1. The van der Waals surface area contributed by atoms with Crippen LogP contribution in [0.5, 0.6) is 0 Å². The lowest BCUT2D eigenvalue weighted by Crippen LogP contribution is -2.44. The normalized spacial score (nSPS) is 16.6. The first-order valence-electron chi connectivity index (χ1n) is 8.49. The van der Waals surface area contributed by atoms with Crippen LogP contribution in [0.15, 0.2) is 42.5 Å². The Balaban J connectivity index is 0.00000196. The molecule has 138 valence electrons. The van der Waals surface area contributed by atoms with E-state index in [1.54, 1.807) is 18.2 Å². The van der Waals surface area contributed by atoms with Gasteiger partial charge in [0.15, 0.2) is 0 Å². The standard InChI is InChI=1S/C19H20FN3O2.ClH/c20-16-5-2-1-4-14(16)12-23-18-7-3-6-17(15(18)13-25-19(23)24)22-10-8-21-9-11-22;/h1-7,21H,8-13H2;1H. The van der Waals surface area contributed by atoms with Gasteiger partial charge in [-0.1, -0.05) is 24.3 Å². The van der Waals surface area contributed by atoms with E-state index >= 15 is 0 Å². The molecule has 5 nitrogen and oxygen atoms in total. The Bertz CT molecular complexity index is 796. The molecule has 26 heavy (non-hydrogen) atoms. The number of hydrogen-bond donors (Lipinski definition) is 1. The molecule has 0 aromatic heterocycles. The molecule has 2 aromatic carbocycles. The molecule has 0 spiro atoms. The minimum Gasteiger partial charge on any atom is -0.444 e. The third-order valence-corrected chi connectivity index (χ3v) is 4.72. The van der Waals surface area contributed by atoms with E-state index in [4.69, 9.17) is 4.74 Å². The molecule has 2 heterocycles. The number of piperazine rings is 1. The van der Waals surface area contributed by atoms with Crippen molar-refractivity contribution in [3.8, 4) is 0 Å². The van der Waals surface area contributed by atoms with Gasteiger partial charge in [-0.2, -0.15) is 0 Å². The van der Waals surface area contributed by atoms with E-state index in [1.165, 1.54) is 11.0 Å². The quantitative estimate of drug-likeness (QED) is 0.891. The lowest BCUT2D eigenvalue weighted by Gasteiger charge is -2.35. The molecule has 0 atom stereocenters. The fraction of sp³-hybridized carbons (Fsp3) is 0.316. The number of fused-ring (bicyclic) bond motifs is 1. The summed E-state index contributed by atoms with van der Waals surface area (Å²) < 4.78 is 19.4. The SMILES string of the molecule is Cl.O=C1OCc2c(N3CCNCC3)cccc2N1Cc1ccccc1F. The number of nitrogens with one attached hydrogen (secondary N) is 1. The topological polar surface area (TPSA) is 44.8 Å². The third kappa shape index (κ3) is 3.48. The highest BCUT2D eigenvalue weighted by Gasteiger charge is 2.29. The summed E-state index contributed by atoms with van der Waals surface area (Å²) >= 11 is 0. The molecule has 0 radical (unpaired) electrons. The van der Waals surface area contributed by atoms with Crippen molar-refractivity contribution in [1.29, 1.82) is 0 Å². The van der Waals surface area contributed by atoms with Gasteiger partial charge in [0, 0.05) is 43.0 Å². The maximum absolute atomic E-state index is 14.0. The molecule has 1 amide bonds. The predicted octanol–water partition coefficient (Wildman–Crippen LogP) is 3.31. The van der Waals surface area contributed by atoms with Crippen molar-refractivity contribution in [3.63, 3.8) is 0 Å². The summed E-state index contributed by atoms with van der Waals surface area (Å²) in [5, 5.41) is 3.34. The van der Waals surface area contributed by atoms with Gasteiger partial charge in [-0.25, -0.2) is 9.18 Å². The molecular weight excluding hydrogens is 357 g/mol. The lowest BCUT2D eigenvalue weighted by atomic mass is 10.1. The Labute approximate surface area is 158 Å². The first-order valence-corrected chi connectivity index (χ1v) is 8.49. The first kappa shape index (κ1) is 18.5. The van der Waals surface area contributed by atoms with Crippen LogP contribution in [0.2, 0.25) is 0 Å². The number of rotatable bonds is 3. The largest absolute Gasteiger partial charge is 0.444 e. The van der Waals surface area contributed by atoms with Gasteiger partial charge in [0.2, 0.25) is 0 Å². The molecule has 1 N–H and O–H groups in total. The van der Waals surface area contributed by atoms with Crippen molar-refractivity contribution >= 4 is 29.9 Å². The van der Waals surface area contributed by atoms with Gasteiger partial charge in [-0.05, 0) is 18.2 Å². The average molecular weight is 378 g/mol. The van der Waals surface area contributed by atoms with E-state index in [1.807, 2.05) is 12.1 Å². The van der Waals surface area contributed by atoms with Crippen molar-refractivity contribution in [2.75, 3.05) is 36.0 Å². The second-order valence-electron chi connectivity index (χ2n) is 6.24. The van der Waals surface area contributed by atoms with Gasteiger partial charge in [0.05, 0.1) is 12.2 Å². The predicted molar refractivity (Wildman–Crippen MR) is 102 cm³/mol. The van der Waals surface area contributed by atoms with Gasteiger partial charge < -0.3 is 15.0 Å². The number of carbonyl (C=O) groups excluding carboxylic acids is 1. The molecule has 2 aliphatic rings. The number of nitrogens with zero attached hydrogens (tertiary/aromatic N) is 2. The van der Waals surface area contributed by atoms with Crippen molar-refractivity contribution in [1.82, 2.24) is 5.32 Å². The van der Waals surface area contributed by atoms with E-state index in [9.17, 15) is 9.18 Å². The van der Waals surface area contributed by atoms with Crippen LogP contribution in [0.4, 0.5) is 20.6 Å². The molecule has 7 heteroatoms. The second-order valence-corrected chi connectivity index (χ2v) is 6.24. The van der Waals surface area contributed by atoms with Gasteiger partial charge in [-0.3, -0.25) is 4.90 Å². The van der Waals surface area contributed by atoms with Gasteiger partial charge in [0.25, 0.3) is 0 Å². The summed E-state index contributed by atoms with van der Waals surface area (Å²) in [6.45, 7) is 4.10. The summed E-state index contributed by atoms with van der Waals surface area (Å²) in [6.07, 6.45) is -0.437. The van der Waals surface area contributed by atoms with E-state index in [0.717, 1.165) is 43.1 Å². The molecule has 1 fully saturated rings. The highest BCUT2D eigenvalue weighted by Crippen LogP contribution is 2.35. The Kier molecular flexibility index (Phi) is 5.64. The number of anilines is 2. The fourth-order valence-electron chi connectivity index (χ4n) is 3.42. The Morgan fingerprint density at radius 2 is 1.77 bits per heavy atom. The number of cyclic esters (lactones) is 1. The van der Waals surface area contributed by atoms with E-state index in [-0.39, 0.29) is 31.4 Å². The Hall–Kier alpha value is -2.31. The molecule has 2 aromatic rings. The number of amides is 1. The minimum absolute atomic E-state index is 0. The monoisotopic (exact) mass is 377 g/mol. The van der Waals surface area contributed by atoms with Crippen LogP contribution in [0.3, 0.4) is 0 Å². The van der Waals surface area contributed by atoms with Crippen molar-refractivity contribution < 1.29 is 13.9 Å². The van der Waals surface area contributed by atoms with Crippen LogP contribution in [-0.4, -0.2) is 32.3 Å². The number of benzene rings is 2. The second kappa shape index (κ2) is 7.93. The number of halogens is 2. The lowest BCUT2D eigenvalue weighted by molar-refractivity contribution is 0.141. The molecule has 0 bridgehead atoms. The molecule has 0 aliphatic carbocycles. The molecular formula is C19H21ClFN3O2. The van der Waals surface area contributed by atoms with Crippen LogP contribution in [0.1, 0.15) is 11.1 Å². The van der Waals surface area contributed by atoms with Crippen LogP contribution in [0, 0.1) is 5.82 Å². The fourth-order valence-corrected chi connectivity index (χ4v) is 3.42. The molecule has 0 saturated carbocycles. The Morgan fingerprint density at radius 3 is 2.54 bits per heavy atom. The maximum atomic E-state index is 14.0. The van der Waals surface area contributed by atoms with Crippen molar-refractivity contribution in [2.24, 2.45) is 0 Å². The molecule has 0 unspecified atom stereocenters. The van der Waals surface area contributed by atoms with E-state index in [0.29, 0.717) is 5.56 Å². The average Bonchev–Trinajstić information content (AvgIpc) is 2.66. The smallest absolute Gasteiger partial charge is 0.414 e. The number of carbonyl (C=O) groups is 1. The van der Waals surface area contributed by atoms with Crippen LogP contribution in [-0.2, 0) is 17.9 Å². The Morgan fingerprint density at radius 1 is 1.04 bits per heavy atom. The van der Waals surface area contributed by atoms with Crippen LogP contribution >= 0.6 is 12.4 Å². The highest BCUT2D eigenvalue weighted by atomic mass is 35.5. The molecule has 2 aliphatic heterocycles. The summed E-state index contributed by atoms with van der Waals surface area (Å²) in [4.78, 5) is 16.1. The van der Waals surface area contributed by atoms with Crippen molar-refractivity contribution in [2.45, 2.75) is 13.2 Å². The third-order valence-electron chi connectivity index (χ3n) is 4.72. The minimum atomic E-state index is -0.437. The first-order chi connectivity index (χ1) is 12.2. The number of hydrogen-bond acceptors (Lipinski definition) is 4. The molecule has 4 rings (SSSR count). The zero-order valence-electron chi connectivity index (χ0n) is 14.3. The van der Waals surface area contributed by atoms with E-state index in [2.05, 4.69) is 16.3 Å². The summed E-state index contributed by atoms with van der Waals surface area (Å²) in [6, 6.07) is 12.4. The molecule has 1 saturated heterocycles.